The first-order valence-corrected chi connectivity index (χ1v) is 11.6. The Kier molecular flexibility index (Phi) is 9.50. The first-order chi connectivity index (χ1) is 13.9. The van der Waals surface area contributed by atoms with Crippen LogP contribution in [0, 0.1) is 5.92 Å². The van der Waals surface area contributed by atoms with Crippen molar-refractivity contribution in [2.45, 2.75) is 71.6 Å². The number of aryl methyl sites for hydroxylation is 1. The molecule has 0 saturated heterocycles. The third kappa shape index (κ3) is 7.38. The maximum Gasteiger partial charge on any atom is 0.191 e. The Labute approximate surface area is 178 Å². The van der Waals surface area contributed by atoms with Gasteiger partial charge in [-0.3, -0.25) is 0 Å². The van der Waals surface area contributed by atoms with Gasteiger partial charge in [0.05, 0.1) is 5.69 Å². The van der Waals surface area contributed by atoms with E-state index in [1.165, 1.54) is 0 Å². The Hall–Kier alpha value is -2.03. The van der Waals surface area contributed by atoms with Gasteiger partial charge in [-0.15, -0.1) is 10.2 Å². The molecule has 0 aliphatic carbocycles. The van der Waals surface area contributed by atoms with Crippen molar-refractivity contribution in [2.24, 2.45) is 10.9 Å². The molecule has 2 aromatic rings. The molecule has 8 nitrogen and oxygen atoms in total. The number of guanidine groups is 1. The number of aromatic nitrogens is 4. The van der Waals surface area contributed by atoms with Crippen molar-refractivity contribution < 1.29 is 4.52 Å². The number of hydrogen-bond donors (Lipinski definition) is 2. The lowest BCUT2D eigenvalue weighted by Gasteiger charge is -2.13. The van der Waals surface area contributed by atoms with Crippen molar-refractivity contribution in [3.63, 3.8) is 0 Å². The molecule has 2 aromatic heterocycles. The van der Waals surface area contributed by atoms with Crippen LogP contribution in [0.3, 0.4) is 0 Å². The second-order valence-electron chi connectivity index (χ2n) is 7.71. The van der Waals surface area contributed by atoms with E-state index in [1.807, 2.05) is 12.3 Å². The summed E-state index contributed by atoms with van der Waals surface area (Å²) in [4.78, 5) is 4.60. The minimum absolute atomic E-state index is 0.354. The Morgan fingerprint density at radius 3 is 2.66 bits per heavy atom. The highest BCUT2D eigenvalue weighted by atomic mass is 32.2. The van der Waals surface area contributed by atoms with E-state index in [-0.39, 0.29) is 0 Å². The van der Waals surface area contributed by atoms with Gasteiger partial charge in [0.25, 0.3) is 0 Å². The van der Waals surface area contributed by atoms with Gasteiger partial charge in [0.1, 0.15) is 12.4 Å². The molecule has 0 radical (unpaired) electrons. The summed E-state index contributed by atoms with van der Waals surface area (Å²) >= 11 is 1.65. The van der Waals surface area contributed by atoms with Crippen LogP contribution < -0.4 is 10.6 Å². The van der Waals surface area contributed by atoms with Gasteiger partial charge in [-0.1, -0.05) is 44.6 Å². The van der Waals surface area contributed by atoms with E-state index in [0.717, 1.165) is 60.9 Å². The number of nitrogens with one attached hydrogen (secondary N) is 2. The monoisotopic (exact) mass is 421 g/mol. The molecule has 162 valence electrons. The predicted molar refractivity (Wildman–Crippen MR) is 118 cm³/mol. The van der Waals surface area contributed by atoms with Crippen LogP contribution in [0.5, 0.6) is 0 Å². The van der Waals surface area contributed by atoms with Crippen molar-refractivity contribution in [1.82, 2.24) is 30.6 Å². The fourth-order valence-corrected chi connectivity index (χ4v) is 3.35. The second-order valence-corrected chi connectivity index (χ2v) is 8.48. The minimum Gasteiger partial charge on any atom is -0.359 e. The molecule has 2 N–H and O–H groups in total. The molecule has 0 saturated carbocycles. The van der Waals surface area contributed by atoms with E-state index >= 15 is 0 Å². The number of thioether (sulfide) groups is 1. The Morgan fingerprint density at radius 2 is 2.03 bits per heavy atom. The number of rotatable bonds is 11. The zero-order valence-electron chi connectivity index (χ0n) is 18.5. The lowest BCUT2D eigenvalue weighted by molar-refractivity contribution is 0.376. The van der Waals surface area contributed by atoms with Gasteiger partial charge >= 0.3 is 0 Å². The highest BCUT2D eigenvalue weighted by Crippen LogP contribution is 2.17. The van der Waals surface area contributed by atoms with Crippen molar-refractivity contribution >= 4 is 17.7 Å². The summed E-state index contributed by atoms with van der Waals surface area (Å²) in [6.07, 6.45) is 3.88. The predicted octanol–water partition coefficient (Wildman–Crippen LogP) is 3.46. The SMILES string of the molecule is CCNC(=NCc1cc(C(C)C)no1)NCCCc1nnc(SC)n1CC(C)C. The van der Waals surface area contributed by atoms with E-state index < -0.39 is 0 Å². The summed E-state index contributed by atoms with van der Waals surface area (Å²) in [5.74, 6) is 3.52. The van der Waals surface area contributed by atoms with Gasteiger partial charge in [0.2, 0.25) is 0 Å². The molecule has 9 heteroatoms. The van der Waals surface area contributed by atoms with Crippen LogP contribution in [0.2, 0.25) is 0 Å². The highest BCUT2D eigenvalue weighted by molar-refractivity contribution is 7.98. The van der Waals surface area contributed by atoms with E-state index in [2.05, 4.69) is 70.2 Å². The third-order valence-electron chi connectivity index (χ3n) is 4.30. The first kappa shape index (κ1) is 23.3. The van der Waals surface area contributed by atoms with Gasteiger partial charge < -0.3 is 19.7 Å². The van der Waals surface area contributed by atoms with Crippen molar-refractivity contribution in [3.05, 3.63) is 23.3 Å². The maximum atomic E-state index is 5.36. The Bertz CT molecular complexity index is 767. The van der Waals surface area contributed by atoms with Crippen LogP contribution in [-0.4, -0.2) is 45.2 Å². The van der Waals surface area contributed by atoms with Crippen LogP contribution in [0.4, 0.5) is 0 Å². The molecular formula is C20H35N7OS. The zero-order chi connectivity index (χ0) is 21.2. The van der Waals surface area contributed by atoms with E-state index in [9.17, 15) is 0 Å². The zero-order valence-corrected chi connectivity index (χ0v) is 19.3. The maximum absolute atomic E-state index is 5.36. The smallest absolute Gasteiger partial charge is 0.191 e. The summed E-state index contributed by atoms with van der Waals surface area (Å²) in [7, 11) is 0. The van der Waals surface area contributed by atoms with E-state index in [0.29, 0.717) is 18.4 Å². The quantitative estimate of drug-likeness (QED) is 0.248. The lowest BCUT2D eigenvalue weighted by atomic mass is 10.1. The molecule has 29 heavy (non-hydrogen) atoms. The van der Waals surface area contributed by atoms with Crippen molar-refractivity contribution in [1.29, 1.82) is 0 Å². The minimum atomic E-state index is 0.354. The topological polar surface area (TPSA) is 93.2 Å². The van der Waals surface area contributed by atoms with Gasteiger partial charge in [-0.2, -0.15) is 0 Å². The molecule has 0 bridgehead atoms. The summed E-state index contributed by atoms with van der Waals surface area (Å²) in [5, 5.41) is 20.4. The fourth-order valence-electron chi connectivity index (χ4n) is 2.83. The molecule has 0 aliphatic rings. The summed E-state index contributed by atoms with van der Waals surface area (Å²) in [5.41, 5.74) is 0.961. The van der Waals surface area contributed by atoms with Crippen LogP contribution in [-0.2, 0) is 19.5 Å². The molecule has 0 unspecified atom stereocenters. The van der Waals surface area contributed by atoms with Gasteiger partial charge in [0, 0.05) is 32.1 Å². The summed E-state index contributed by atoms with van der Waals surface area (Å²) in [6.45, 7) is 13.7. The fraction of sp³-hybridized carbons (Fsp3) is 0.700. The molecule has 2 rings (SSSR count). The number of hydrogen-bond acceptors (Lipinski definition) is 6. The molecule has 0 amide bonds. The van der Waals surface area contributed by atoms with Crippen LogP contribution in [0.1, 0.15) is 64.2 Å². The first-order valence-electron chi connectivity index (χ1n) is 10.4. The number of nitrogens with zero attached hydrogens (tertiary/aromatic N) is 5. The molecule has 0 atom stereocenters. The van der Waals surface area contributed by atoms with E-state index in [1.54, 1.807) is 11.8 Å². The third-order valence-corrected chi connectivity index (χ3v) is 4.97. The second kappa shape index (κ2) is 11.8. The van der Waals surface area contributed by atoms with Crippen LogP contribution >= 0.6 is 11.8 Å². The summed E-state index contributed by atoms with van der Waals surface area (Å²) in [6, 6.07) is 1.97. The number of aliphatic imine (C=N–C) groups is 1. The standard InChI is InChI=1S/C20H35N7OS/c1-7-21-19(23-12-16-11-17(15(4)5)26-28-16)22-10-8-9-18-24-25-20(29-6)27(18)13-14(2)3/h11,14-15H,7-10,12-13H2,1-6H3,(H2,21,22,23). The molecular weight excluding hydrogens is 386 g/mol. The average molecular weight is 422 g/mol. The van der Waals surface area contributed by atoms with Crippen molar-refractivity contribution in [2.75, 3.05) is 19.3 Å². The van der Waals surface area contributed by atoms with Crippen molar-refractivity contribution in [3.8, 4) is 0 Å². The molecule has 0 fully saturated rings. The normalized spacial score (nSPS) is 12.2. The largest absolute Gasteiger partial charge is 0.359 e. The molecule has 0 aromatic carbocycles. The Balaban J connectivity index is 1.87. The highest BCUT2D eigenvalue weighted by Gasteiger charge is 2.12. The van der Waals surface area contributed by atoms with E-state index in [4.69, 9.17) is 4.52 Å². The molecule has 0 aliphatic heterocycles. The van der Waals surface area contributed by atoms with Crippen LogP contribution in [0.15, 0.2) is 20.7 Å². The average Bonchev–Trinajstić information content (AvgIpc) is 3.30. The molecule has 0 spiro atoms. The van der Waals surface area contributed by atoms with Gasteiger partial charge in [-0.05, 0) is 31.4 Å². The summed E-state index contributed by atoms with van der Waals surface area (Å²) < 4.78 is 7.60. The van der Waals surface area contributed by atoms with Gasteiger partial charge in [0.15, 0.2) is 16.9 Å². The lowest BCUT2D eigenvalue weighted by Crippen LogP contribution is -2.37. The molecule has 2 heterocycles. The Morgan fingerprint density at radius 1 is 1.24 bits per heavy atom. The van der Waals surface area contributed by atoms with Crippen LogP contribution in [0.25, 0.3) is 0 Å². The van der Waals surface area contributed by atoms with Gasteiger partial charge in [-0.25, -0.2) is 4.99 Å².